The van der Waals surface area contributed by atoms with E-state index in [2.05, 4.69) is 6.92 Å². The molecule has 0 aromatic heterocycles. The van der Waals surface area contributed by atoms with E-state index < -0.39 is 5.92 Å². The van der Waals surface area contributed by atoms with Crippen molar-refractivity contribution < 1.29 is 13.6 Å². The fourth-order valence-corrected chi connectivity index (χ4v) is 1.98. The summed E-state index contributed by atoms with van der Waals surface area (Å²) in [5.41, 5.74) is 0.806. The molecule has 1 aromatic rings. The molecule has 3 heteroatoms. The largest absolute Gasteiger partial charge is 0.299 e. The first-order valence-electron chi connectivity index (χ1n) is 6.92. The van der Waals surface area contributed by atoms with Gasteiger partial charge in [-0.15, -0.1) is 0 Å². The normalized spacial score (nSPS) is 11.6. The second-order valence-electron chi connectivity index (χ2n) is 5.11. The van der Waals surface area contributed by atoms with Gasteiger partial charge >= 0.3 is 0 Å². The van der Waals surface area contributed by atoms with Crippen molar-refractivity contribution in [3.63, 3.8) is 0 Å². The van der Waals surface area contributed by atoms with Crippen molar-refractivity contribution in [2.45, 2.75) is 58.3 Å². The molecule has 0 bridgehead atoms. The number of benzene rings is 1. The monoisotopic (exact) mass is 268 g/mol. The lowest BCUT2D eigenvalue weighted by atomic mass is 10.0. The quantitative estimate of drug-likeness (QED) is 0.614. The van der Waals surface area contributed by atoms with Crippen LogP contribution in [0.4, 0.5) is 8.78 Å². The van der Waals surface area contributed by atoms with Gasteiger partial charge in [0.2, 0.25) is 0 Å². The Morgan fingerprint density at radius 3 is 2.26 bits per heavy atom. The molecule has 0 saturated heterocycles. The van der Waals surface area contributed by atoms with Crippen molar-refractivity contribution in [2.75, 3.05) is 0 Å². The molecule has 0 N–H and O–H groups in total. The van der Waals surface area contributed by atoms with Gasteiger partial charge in [-0.1, -0.05) is 50.5 Å². The molecule has 0 unspecified atom stereocenters. The van der Waals surface area contributed by atoms with Crippen LogP contribution in [-0.4, -0.2) is 5.78 Å². The highest BCUT2D eigenvalue weighted by molar-refractivity contribution is 5.80. The minimum absolute atomic E-state index is 0.00774. The van der Waals surface area contributed by atoms with Gasteiger partial charge in [0.05, 0.1) is 0 Å². The van der Waals surface area contributed by atoms with Crippen LogP contribution >= 0.6 is 0 Å². The lowest BCUT2D eigenvalue weighted by molar-refractivity contribution is -0.118. The summed E-state index contributed by atoms with van der Waals surface area (Å²) in [6, 6.07) is 6.05. The summed E-state index contributed by atoms with van der Waals surface area (Å²) in [6.07, 6.45) is 5.27. The zero-order valence-electron chi connectivity index (χ0n) is 11.7. The van der Waals surface area contributed by atoms with Crippen LogP contribution in [-0.2, 0) is 17.1 Å². The molecule has 0 amide bonds. The number of carbonyl (C=O) groups excluding carboxylic acids is 1. The second kappa shape index (κ2) is 7.37. The Labute approximate surface area is 114 Å². The van der Waals surface area contributed by atoms with Crippen LogP contribution in [0.25, 0.3) is 0 Å². The van der Waals surface area contributed by atoms with Crippen molar-refractivity contribution in [3.05, 3.63) is 35.4 Å². The van der Waals surface area contributed by atoms with Gasteiger partial charge in [0.1, 0.15) is 5.78 Å². The Bertz CT molecular complexity index is 390. The molecular formula is C16H22F2O. The molecule has 0 saturated carbocycles. The van der Waals surface area contributed by atoms with E-state index >= 15 is 0 Å². The summed E-state index contributed by atoms with van der Waals surface area (Å²) < 4.78 is 26.0. The fraction of sp³-hybridized carbons (Fsp3) is 0.562. The van der Waals surface area contributed by atoms with Crippen LogP contribution in [0.5, 0.6) is 0 Å². The van der Waals surface area contributed by atoms with E-state index in [0.29, 0.717) is 12.8 Å². The predicted octanol–water partition coefficient (Wildman–Crippen LogP) is 4.88. The number of rotatable bonds is 8. The molecule has 106 valence electrons. The van der Waals surface area contributed by atoms with E-state index in [1.54, 1.807) is 12.1 Å². The summed E-state index contributed by atoms with van der Waals surface area (Å²) in [7, 11) is 0. The Morgan fingerprint density at radius 1 is 1.11 bits per heavy atom. The number of ketones is 1. The average molecular weight is 268 g/mol. The van der Waals surface area contributed by atoms with E-state index in [1.165, 1.54) is 12.1 Å². The molecule has 19 heavy (non-hydrogen) atoms. The minimum atomic E-state index is -2.82. The third-order valence-electron chi connectivity index (χ3n) is 3.17. The maximum absolute atomic E-state index is 13.0. The fourth-order valence-electron chi connectivity index (χ4n) is 1.98. The SMILES string of the molecule is CCCCCCC(=O)Cc1ccc(C(C)(F)F)cc1. The van der Waals surface area contributed by atoms with Gasteiger partial charge in [-0.25, -0.2) is 8.78 Å². The molecule has 1 rings (SSSR count). The Morgan fingerprint density at radius 2 is 1.74 bits per heavy atom. The van der Waals surface area contributed by atoms with Crippen molar-refractivity contribution in [1.29, 1.82) is 0 Å². The maximum atomic E-state index is 13.0. The number of unbranched alkanes of at least 4 members (excludes halogenated alkanes) is 3. The first-order chi connectivity index (χ1) is 8.93. The number of carbonyl (C=O) groups is 1. The van der Waals surface area contributed by atoms with Crippen molar-refractivity contribution in [2.24, 2.45) is 0 Å². The molecule has 0 radical (unpaired) electrons. The van der Waals surface area contributed by atoms with E-state index in [9.17, 15) is 13.6 Å². The molecule has 0 atom stereocenters. The standard InChI is InChI=1S/C16H22F2O/c1-3-4-5-6-7-15(19)12-13-8-10-14(11-9-13)16(2,17)18/h8-11H,3-7,12H2,1-2H3. The highest BCUT2D eigenvalue weighted by atomic mass is 19.3. The molecule has 0 aliphatic rings. The van der Waals surface area contributed by atoms with Gasteiger partial charge in [-0.05, 0) is 12.0 Å². The third-order valence-corrected chi connectivity index (χ3v) is 3.17. The van der Waals surface area contributed by atoms with Crippen molar-refractivity contribution in [1.82, 2.24) is 0 Å². The molecule has 0 aliphatic carbocycles. The molecule has 0 heterocycles. The van der Waals surface area contributed by atoms with Gasteiger partial charge in [0.15, 0.2) is 0 Å². The van der Waals surface area contributed by atoms with Crippen LogP contribution in [0, 0.1) is 0 Å². The topological polar surface area (TPSA) is 17.1 Å². The zero-order valence-corrected chi connectivity index (χ0v) is 11.7. The number of Topliss-reactive ketones (excluding diaryl/α,β-unsaturated/α-hetero) is 1. The molecule has 0 fully saturated rings. The van der Waals surface area contributed by atoms with Gasteiger partial charge in [-0.2, -0.15) is 0 Å². The van der Waals surface area contributed by atoms with Crippen LogP contribution in [0.2, 0.25) is 0 Å². The van der Waals surface area contributed by atoms with Crippen LogP contribution < -0.4 is 0 Å². The van der Waals surface area contributed by atoms with Gasteiger partial charge < -0.3 is 0 Å². The van der Waals surface area contributed by atoms with Crippen molar-refractivity contribution in [3.8, 4) is 0 Å². The molecular weight excluding hydrogens is 246 g/mol. The van der Waals surface area contributed by atoms with Gasteiger partial charge in [-0.3, -0.25) is 4.79 Å². The number of hydrogen-bond acceptors (Lipinski definition) is 1. The summed E-state index contributed by atoms with van der Waals surface area (Å²) in [5, 5.41) is 0. The average Bonchev–Trinajstić information content (AvgIpc) is 2.34. The maximum Gasteiger partial charge on any atom is 0.270 e. The van der Waals surface area contributed by atoms with E-state index in [4.69, 9.17) is 0 Å². The van der Waals surface area contributed by atoms with Crippen LogP contribution in [0.3, 0.4) is 0 Å². The lowest BCUT2D eigenvalue weighted by Crippen LogP contribution is -2.07. The summed E-state index contributed by atoms with van der Waals surface area (Å²) in [4.78, 5) is 11.7. The van der Waals surface area contributed by atoms with E-state index in [1.807, 2.05) is 0 Å². The summed E-state index contributed by atoms with van der Waals surface area (Å²) in [5.74, 6) is -2.63. The highest BCUT2D eigenvalue weighted by Crippen LogP contribution is 2.26. The molecule has 0 spiro atoms. The van der Waals surface area contributed by atoms with Crippen molar-refractivity contribution >= 4 is 5.78 Å². The first-order valence-corrected chi connectivity index (χ1v) is 6.92. The lowest BCUT2D eigenvalue weighted by Gasteiger charge is -2.10. The number of halogens is 2. The zero-order chi connectivity index (χ0) is 14.3. The summed E-state index contributed by atoms with van der Waals surface area (Å²) in [6.45, 7) is 3.01. The number of alkyl halides is 2. The summed E-state index contributed by atoms with van der Waals surface area (Å²) >= 11 is 0. The van der Waals surface area contributed by atoms with Crippen LogP contribution in [0.15, 0.2) is 24.3 Å². The Balaban J connectivity index is 2.43. The van der Waals surface area contributed by atoms with E-state index in [0.717, 1.165) is 38.2 Å². The number of hydrogen-bond donors (Lipinski definition) is 0. The van der Waals surface area contributed by atoms with Gasteiger partial charge in [0, 0.05) is 25.3 Å². The molecule has 0 aliphatic heterocycles. The van der Waals surface area contributed by atoms with Crippen LogP contribution in [0.1, 0.15) is 57.1 Å². The second-order valence-corrected chi connectivity index (χ2v) is 5.11. The Hall–Kier alpha value is -1.25. The van der Waals surface area contributed by atoms with Gasteiger partial charge in [0.25, 0.3) is 5.92 Å². The first kappa shape index (κ1) is 15.8. The molecule has 1 nitrogen and oxygen atoms in total. The highest BCUT2D eigenvalue weighted by Gasteiger charge is 2.23. The third kappa shape index (κ3) is 5.95. The predicted molar refractivity (Wildman–Crippen MR) is 73.5 cm³/mol. The molecule has 1 aromatic carbocycles. The minimum Gasteiger partial charge on any atom is -0.299 e. The van der Waals surface area contributed by atoms with E-state index in [-0.39, 0.29) is 11.3 Å². The Kier molecular flexibility index (Phi) is 6.13. The smallest absolute Gasteiger partial charge is 0.270 e.